The van der Waals surface area contributed by atoms with E-state index in [4.69, 9.17) is 0 Å². The van der Waals surface area contributed by atoms with Gasteiger partial charge in [0, 0.05) is 46.7 Å². The van der Waals surface area contributed by atoms with Gasteiger partial charge in [-0.05, 0) is 0 Å². The van der Waals surface area contributed by atoms with Crippen molar-refractivity contribution in [3.8, 4) is 0 Å². The minimum atomic E-state index is -5.33. The van der Waals surface area contributed by atoms with E-state index < -0.39 is 61.8 Å². The fraction of sp³-hybridized carbons (Fsp3) is 0.769. The fourth-order valence-corrected chi connectivity index (χ4v) is 2.23. The third kappa shape index (κ3) is 7.80. The summed E-state index contributed by atoms with van der Waals surface area (Å²) < 4.78 is 112. The van der Waals surface area contributed by atoms with Gasteiger partial charge in [0.1, 0.15) is 0 Å². The first-order valence-corrected chi connectivity index (χ1v) is 7.25. The Hall–Kier alpha value is -2.22. The van der Waals surface area contributed by atoms with Crippen LogP contribution in [-0.2, 0) is 14.4 Å². The van der Waals surface area contributed by atoms with Crippen molar-refractivity contribution in [2.45, 2.75) is 18.5 Å². The van der Waals surface area contributed by atoms with E-state index in [0.717, 1.165) is 0 Å². The van der Waals surface area contributed by atoms with Crippen LogP contribution in [0.3, 0.4) is 0 Å². The lowest BCUT2D eigenvalue weighted by molar-refractivity contribution is -0.188. The van der Waals surface area contributed by atoms with Crippen molar-refractivity contribution in [2.75, 3.05) is 40.8 Å². The number of hydrogen-bond donors (Lipinski definition) is 0. The predicted molar refractivity (Wildman–Crippen MR) is 74.6 cm³/mol. The Balaban J connectivity index is 5.46. The molecular weight excluding hydrogens is 417 g/mol. The van der Waals surface area contributed by atoms with Crippen LogP contribution in [0.25, 0.3) is 0 Å². The lowest BCUT2D eigenvalue weighted by Crippen LogP contribution is -2.49. The van der Waals surface area contributed by atoms with E-state index >= 15 is 0 Å². The summed E-state index contributed by atoms with van der Waals surface area (Å²) in [5.41, 5.74) is 0. The van der Waals surface area contributed by atoms with Crippen molar-refractivity contribution in [1.29, 1.82) is 0 Å². The van der Waals surface area contributed by atoms with Gasteiger partial charge in [-0.15, -0.1) is 0 Å². The van der Waals surface area contributed by atoms with Crippen LogP contribution >= 0.6 is 0 Å². The summed E-state index contributed by atoms with van der Waals surface area (Å²) in [6.45, 7) is -2.91. The first-order valence-electron chi connectivity index (χ1n) is 7.25. The maximum absolute atomic E-state index is 12.4. The molecule has 28 heavy (non-hydrogen) atoms. The molecule has 6 nitrogen and oxygen atoms in total. The zero-order valence-corrected chi connectivity index (χ0v) is 14.7. The molecule has 0 bridgehead atoms. The van der Waals surface area contributed by atoms with E-state index in [-0.39, 0.29) is 14.7 Å². The highest BCUT2D eigenvalue weighted by molar-refractivity contribution is 5.83. The highest BCUT2D eigenvalue weighted by atomic mass is 19.4. The van der Waals surface area contributed by atoms with E-state index in [2.05, 4.69) is 0 Å². The Morgan fingerprint density at radius 2 is 0.750 bits per heavy atom. The van der Waals surface area contributed by atoms with Crippen LogP contribution in [0.5, 0.6) is 0 Å². The number of amides is 3. The van der Waals surface area contributed by atoms with Crippen LogP contribution < -0.4 is 0 Å². The summed E-state index contributed by atoms with van der Waals surface area (Å²) in [6.07, 6.45) is -16.0. The molecule has 0 aliphatic carbocycles. The number of alkyl halides is 9. The second kappa shape index (κ2) is 8.86. The lowest BCUT2D eigenvalue weighted by Gasteiger charge is -2.31. The fourth-order valence-electron chi connectivity index (χ4n) is 2.23. The van der Waals surface area contributed by atoms with Crippen LogP contribution in [0, 0.1) is 5.92 Å². The molecule has 3 amide bonds. The Morgan fingerprint density at radius 1 is 0.571 bits per heavy atom. The molecule has 0 N–H and O–H groups in total. The molecule has 15 heteroatoms. The quantitative estimate of drug-likeness (QED) is 0.599. The molecule has 0 aliphatic heterocycles. The van der Waals surface area contributed by atoms with Gasteiger partial charge in [-0.25, -0.2) is 0 Å². The van der Waals surface area contributed by atoms with Gasteiger partial charge in [0.05, 0.1) is 0 Å². The number of rotatable bonds is 6. The molecule has 0 aliphatic rings. The topological polar surface area (TPSA) is 60.9 Å². The molecule has 0 atom stereocenters. The van der Waals surface area contributed by atoms with Gasteiger partial charge < -0.3 is 14.7 Å². The second-order valence-electron chi connectivity index (χ2n) is 5.92. The normalized spacial score (nSPS) is 12.8. The van der Waals surface area contributed by atoms with E-state index in [9.17, 15) is 53.9 Å². The van der Waals surface area contributed by atoms with Gasteiger partial charge >= 0.3 is 36.3 Å². The second-order valence-corrected chi connectivity index (χ2v) is 5.92. The van der Waals surface area contributed by atoms with Crippen molar-refractivity contribution in [1.82, 2.24) is 14.7 Å². The number of halogens is 9. The van der Waals surface area contributed by atoms with Gasteiger partial charge in [-0.3, -0.25) is 14.4 Å². The molecule has 0 saturated heterocycles. The van der Waals surface area contributed by atoms with Crippen molar-refractivity contribution in [3.05, 3.63) is 0 Å². The smallest absolute Gasteiger partial charge is 0.338 e. The predicted octanol–water partition coefficient (Wildman–Crippen LogP) is 1.66. The molecule has 0 aromatic heterocycles. The van der Waals surface area contributed by atoms with Crippen molar-refractivity contribution < 1.29 is 53.9 Å². The lowest BCUT2D eigenvalue weighted by atomic mass is 10.1. The molecule has 0 aromatic carbocycles. The molecule has 0 radical (unpaired) electrons. The SMILES string of the molecule is CN(CC(CN(C)C(=O)C(F)(F)F)CN(C)C(=O)C(F)(F)F)C(=O)C(F)(F)F. The molecule has 0 saturated carbocycles. The van der Waals surface area contributed by atoms with Gasteiger partial charge in [0.25, 0.3) is 0 Å². The van der Waals surface area contributed by atoms with Gasteiger partial charge in [0.15, 0.2) is 0 Å². The molecule has 0 spiro atoms. The number of carbonyl (C=O) groups is 3. The van der Waals surface area contributed by atoms with Gasteiger partial charge in [0.2, 0.25) is 0 Å². The summed E-state index contributed by atoms with van der Waals surface area (Å²) >= 11 is 0. The van der Waals surface area contributed by atoms with Crippen LogP contribution in [0.1, 0.15) is 0 Å². The Labute approximate surface area is 152 Å². The summed E-state index contributed by atoms with van der Waals surface area (Å²) in [4.78, 5) is 33.5. The van der Waals surface area contributed by atoms with Crippen LogP contribution in [0.2, 0.25) is 0 Å². The van der Waals surface area contributed by atoms with Crippen LogP contribution in [-0.4, -0.2) is 91.7 Å². The van der Waals surface area contributed by atoms with E-state index in [1.807, 2.05) is 0 Å². The molecule has 0 aromatic rings. The number of carbonyl (C=O) groups excluding carboxylic acids is 3. The summed E-state index contributed by atoms with van der Waals surface area (Å²) in [5.74, 6) is -8.73. The Morgan fingerprint density at radius 3 is 0.893 bits per heavy atom. The number of nitrogens with zero attached hydrogens (tertiary/aromatic N) is 3. The minimum absolute atomic E-state index is 0.0302. The van der Waals surface area contributed by atoms with Crippen LogP contribution in [0.4, 0.5) is 39.5 Å². The van der Waals surface area contributed by atoms with Crippen molar-refractivity contribution >= 4 is 17.7 Å². The monoisotopic (exact) mass is 433 g/mol. The Kier molecular flexibility index (Phi) is 8.15. The van der Waals surface area contributed by atoms with Crippen molar-refractivity contribution in [3.63, 3.8) is 0 Å². The first kappa shape index (κ1) is 25.8. The maximum atomic E-state index is 12.4. The molecule has 164 valence electrons. The maximum Gasteiger partial charge on any atom is 0.471 e. The molecule has 0 fully saturated rings. The summed E-state index contributed by atoms with van der Waals surface area (Å²) in [5, 5.41) is 0. The highest BCUT2D eigenvalue weighted by Gasteiger charge is 2.45. The first-order chi connectivity index (χ1) is 12.3. The minimum Gasteiger partial charge on any atom is -0.338 e. The largest absolute Gasteiger partial charge is 0.471 e. The third-order valence-corrected chi connectivity index (χ3v) is 3.36. The van der Waals surface area contributed by atoms with Crippen LogP contribution in [0.15, 0.2) is 0 Å². The molecule has 0 heterocycles. The summed E-state index contributed by atoms with van der Waals surface area (Å²) in [7, 11) is 1.87. The van der Waals surface area contributed by atoms with Gasteiger partial charge in [-0.2, -0.15) is 39.5 Å². The molecular formula is C13H16F9N3O3. The standard InChI is InChI=1S/C13H16F9N3O3/c1-23(8(26)11(14,15)16)4-7(5-24(2)9(27)12(17,18)19)6-25(3)10(28)13(20,21)22/h7H,4-6H2,1-3H3. The van der Waals surface area contributed by atoms with E-state index in [1.54, 1.807) is 0 Å². The zero-order chi connectivity index (χ0) is 22.7. The average Bonchev–Trinajstić information content (AvgIpc) is 2.49. The molecule has 0 rings (SSSR count). The van der Waals surface area contributed by atoms with Gasteiger partial charge in [-0.1, -0.05) is 0 Å². The third-order valence-electron chi connectivity index (χ3n) is 3.36. The number of hydrogen-bond acceptors (Lipinski definition) is 3. The van der Waals surface area contributed by atoms with E-state index in [0.29, 0.717) is 21.1 Å². The molecule has 0 unspecified atom stereocenters. The average molecular weight is 433 g/mol. The van der Waals surface area contributed by atoms with Crippen molar-refractivity contribution in [2.24, 2.45) is 5.92 Å². The highest BCUT2D eigenvalue weighted by Crippen LogP contribution is 2.22. The van der Waals surface area contributed by atoms with E-state index in [1.165, 1.54) is 0 Å². The Bertz CT molecular complexity index is 506. The summed E-state index contributed by atoms with van der Waals surface area (Å²) in [6, 6.07) is 0. The zero-order valence-electron chi connectivity index (χ0n) is 14.7.